The van der Waals surface area contributed by atoms with E-state index in [-0.39, 0.29) is 11.5 Å². The van der Waals surface area contributed by atoms with Crippen molar-refractivity contribution in [2.45, 2.75) is 39.5 Å². The third-order valence-corrected chi connectivity index (χ3v) is 5.00. The first-order valence-electron chi connectivity index (χ1n) is 7.58. The van der Waals surface area contributed by atoms with Crippen LogP contribution >= 0.6 is 11.3 Å². The summed E-state index contributed by atoms with van der Waals surface area (Å²) in [5.74, 6) is -0.384. The Morgan fingerprint density at radius 2 is 1.65 bits per heavy atom. The fourth-order valence-electron chi connectivity index (χ4n) is 2.32. The molecule has 0 saturated carbocycles. The third kappa shape index (κ3) is 3.99. The monoisotopic (exact) mass is 331 g/mol. The quantitative estimate of drug-likeness (QED) is 0.815. The van der Waals surface area contributed by atoms with Gasteiger partial charge in [-0.2, -0.15) is 0 Å². The Hall–Kier alpha value is -2.14. The van der Waals surface area contributed by atoms with E-state index in [4.69, 9.17) is 5.11 Å². The number of carboxylic acid groups (broad SMARTS) is 1. The summed E-state index contributed by atoms with van der Waals surface area (Å²) in [7, 11) is 0. The summed E-state index contributed by atoms with van der Waals surface area (Å²) >= 11 is 1.53. The lowest BCUT2D eigenvalue weighted by molar-refractivity contribution is 0.0696. The van der Waals surface area contributed by atoms with Crippen molar-refractivity contribution < 1.29 is 14.7 Å². The van der Waals surface area contributed by atoms with Crippen LogP contribution in [0, 0.1) is 0 Å². The first-order chi connectivity index (χ1) is 10.8. The molecule has 0 spiro atoms. The van der Waals surface area contributed by atoms with Gasteiger partial charge in [0.25, 0.3) is 5.91 Å². The number of carbonyl (C=O) groups is 2. The Bertz CT molecular complexity index is 689. The lowest BCUT2D eigenvalue weighted by Gasteiger charge is -2.08. The molecule has 4 nitrogen and oxygen atoms in total. The van der Waals surface area contributed by atoms with Crippen LogP contribution in [0.15, 0.2) is 30.3 Å². The molecule has 5 heteroatoms. The second-order valence-corrected chi connectivity index (χ2v) is 7.16. The van der Waals surface area contributed by atoms with E-state index in [1.165, 1.54) is 33.9 Å². The molecule has 0 unspecified atom stereocenters. The van der Waals surface area contributed by atoms with Crippen molar-refractivity contribution in [2.24, 2.45) is 0 Å². The molecule has 0 aliphatic heterocycles. The van der Waals surface area contributed by atoms with Gasteiger partial charge >= 0.3 is 5.97 Å². The summed E-state index contributed by atoms with van der Waals surface area (Å²) in [6.45, 7) is 8.51. The summed E-state index contributed by atoms with van der Waals surface area (Å²) in [6.07, 6.45) is 0. The maximum Gasteiger partial charge on any atom is 0.335 e. The SMILES string of the molecule is CC(C)c1cc(C(=O)Nc2ccc(C(=O)O)cc2)sc1C(C)C. The van der Waals surface area contributed by atoms with Crippen molar-refractivity contribution in [2.75, 3.05) is 5.32 Å². The zero-order valence-electron chi connectivity index (χ0n) is 13.7. The van der Waals surface area contributed by atoms with Gasteiger partial charge in [0.05, 0.1) is 10.4 Å². The standard InChI is InChI=1S/C18H21NO3S/c1-10(2)14-9-15(23-16(14)11(3)4)17(20)19-13-7-5-12(6-8-13)18(21)22/h5-11H,1-4H3,(H,19,20)(H,21,22). The first-order valence-corrected chi connectivity index (χ1v) is 8.39. The second kappa shape index (κ2) is 6.96. The smallest absolute Gasteiger partial charge is 0.335 e. The molecule has 0 fully saturated rings. The molecule has 2 aromatic rings. The van der Waals surface area contributed by atoms with Crippen LogP contribution in [0.3, 0.4) is 0 Å². The molecule has 0 saturated heterocycles. The van der Waals surface area contributed by atoms with Gasteiger partial charge in [-0.3, -0.25) is 4.79 Å². The van der Waals surface area contributed by atoms with Crippen LogP contribution < -0.4 is 5.32 Å². The Morgan fingerprint density at radius 1 is 1.04 bits per heavy atom. The van der Waals surface area contributed by atoms with E-state index < -0.39 is 5.97 Å². The minimum Gasteiger partial charge on any atom is -0.478 e. The third-order valence-electron chi connectivity index (χ3n) is 3.55. The van der Waals surface area contributed by atoms with Crippen LogP contribution in [0.4, 0.5) is 5.69 Å². The van der Waals surface area contributed by atoms with Gasteiger partial charge in [0.1, 0.15) is 0 Å². The minimum absolute atomic E-state index is 0.160. The van der Waals surface area contributed by atoms with Gasteiger partial charge < -0.3 is 10.4 Å². The van der Waals surface area contributed by atoms with E-state index in [0.717, 1.165) is 0 Å². The number of rotatable bonds is 5. The van der Waals surface area contributed by atoms with Crippen molar-refractivity contribution in [1.29, 1.82) is 0 Å². The van der Waals surface area contributed by atoms with Gasteiger partial charge in [-0.25, -0.2) is 4.79 Å². The molecule has 0 aliphatic rings. The Kier molecular flexibility index (Phi) is 5.21. The highest BCUT2D eigenvalue weighted by atomic mass is 32.1. The van der Waals surface area contributed by atoms with Crippen molar-refractivity contribution in [3.8, 4) is 0 Å². The minimum atomic E-state index is -0.982. The number of carboxylic acids is 1. The zero-order chi connectivity index (χ0) is 17.1. The number of hydrogen-bond acceptors (Lipinski definition) is 3. The molecule has 23 heavy (non-hydrogen) atoms. The number of aromatic carboxylic acids is 1. The molecule has 1 heterocycles. The molecular formula is C18H21NO3S. The molecule has 0 radical (unpaired) electrons. The maximum absolute atomic E-state index is 12.4. The van der Waals surface area contributed by atoms with E-state index in [2.05, 4.69) is 33.0 Å². The normalized spacial score (nSPS) is 11.0. The fraction of sp³-hybridized carbons (Fsp3) is 0.333. The lowest BCUT2D eigenvalue weighted by Crippen LogP contribution is -2.10. The van der Waals surface area contributed by atoms with Crippen molar-refractivity contribution in [1.82, 2.24) is 0 Å². The summed E-state index contributed by atoms with van der Waals surface area (Å²) < 4.78 is 0. The molecular weight excluding hydrogens is 310 g/mol. The van der Waals surface area contributed by atoms with Gasteiger partial charge in [0.15, 0.2) is 0 Å². The number of anilines is 1. The van der Waals surface area contributed by atoms with Crippen LogP contribution in [-0.2, 0) is 0 Å². The summed E-state index contributed by atoms with van der Waals surface area (Å²) in [5, 5.41) is 11.7. The predicted molar refractivity (Wildman–Crippen MR) is 93.9 cm³/mol. The topological polar surface area (TPSA) is 66.4 Å². The highest BCUT2D eigenvalue weighted by Gasteiger charge is 2.18. The van der Waals surface area contributed by atoms with Crippen LogP contribution in [-0.4, -0.2) is 17.0 Å². The average Bonchev–Trinajstić information content (AvgIpc) is 2.93. The van der Waals surface area contributed by atoms with Crippen LogP contribution in [0.1, 0.15) is 70.0 Å². The molecule has 0 atom stereocenters. The highest BCUT2D eigenvalue weighted by molar-refractivity contribution is 7.14. The lowest BCUT2D eigenvalue weighted by atomic mass is 9.99. The molecule has 1 amide bonds. The van der Waals surface area contributed by atoms with Gasteiger partial charge in [0.2, 0.25) is 0 Å². The molecule has 0 bridgehead atoms. The number of carbonyl (C=O) groups excluding carboxylic acids is 1. The van der Waals surface area contributed by atoms with E-state index in [1.807, 2.05) is 6.07 Å². The van der Waals surface area contributed by atoms with E-state index in [1.54, 1.807) is 12.1 Å². The largest absolute Gasteiger partial charge is 0.478 e. The highest BCUT2D eigenvalue weighted by Crippen LogP contribution is 2.34. The van der Waals surface area contributed by atoms with E-state index >= 15 is 0 Å². The molecule has 122 valence electrons. The molecule has 2 N–H and O–H groups in total. The summed E-state index contributed by atoms with van der Waals surface area (Å²) in [4.78, 5) is 25.2. The molecule has 2 rings (SSSR count). The molecule has 1 aromatic heterocycles. The van der Waals surface area contributed by atoms with Crippen molar-refractivity contribution in [3.05, 3.63) is 51.2 Å². The van der Waals surface area contributed by atoms with Crippen LogP contribution in [0.2, 0.25) is 0 Å². The predicted octanol–water partition coefficient (Wildman–Crippen LogP) is 4.95. The second-order valence-electron chi connectivity index (χ2n) is 6.08. The van der Waals surface area contributed by atoms with Gasteiger partial charge in [-0.15, -0.1) is 11.3 Å². The van der Waals surface area contributed by atoms with E-state index in [9.17, 15) is 9.59 Å². The number of hydrogen-bond donors (Lipinski definition) is 2. The maximum atomic E-state index is 12.4. The first kappa shape index (κ1) is 17.2. The van der Waals surface area contributed by atoms with Crippen LogP contribution in [0.25, 0.3) is 0 Å². The van der Waals surface area contributed by atoms with E-state index in [0.29, 0.717) is 22.4 Å². The molecule has 1 aromatic carbocycles. The number of thiophene rings is 1. The van der Waals surface area contributed by atoms with Crippen molar-refractivity contribution in [3.63, 3.8) is 0 Å². The number of nitrogens with one attached hydrogen (secondary N) is 1. The average molecular weight is 331 g/mol. The Morgan fingerprint density at radius 3 is 2.09 bits per heavy atom. The summed E-state index contributed by atoms with van der Waals surface area (Å²) in [5.41, 5.74) is 2.00. The number of amides is 1. The van der Waals surface area contributed by atoms with Crippen LogP contribution in [0.5, 0.6) is 0 Å². The molecule has 0 aliphatic carbocycles. The van der Waals surface area contributed by atoms with Crippen molar-refractivity contribution >= 4 is 28.9 Å². The Balaban J connectivity index is 2.20. The zero-order valence-corrected chi connectivity index (χ0v) is 14.5. The van der Waals surface area contributed by atoms with Gasteiger partial charge in [-0.1, -0.05) is 27.7 Å². The summed E-state index contributed by atoms with van der Waals surface area (Å²) in [6, 6.07) is 8.12. The Labute approximate surface area is 140 Å². The van der Waals surface area contributed by atoms with Gasteiger partial charge in [-0.05, 0) is 47.7 Å². The van der Waals surface area contributed by atoms with Gasteiger partial charge in [0, 0.05) is 10.6 Å². The number of benzene rings is 1. The fourth-order valence-corrected chi connectivity index (χ4v) is 3.54.